The van der Waals surface area contributed by atoms with E-state index in [-0.39, 0.29) is 0 Å². The molecule has 0 atom stereocenters. The van der Waals surface area contributed by atoms with Gasteiger partial charge in [0.2, 0.25) is 5.13 Å². The summed E-state index contributed by atoms with van der Waals surface area (Å²) >= 11 is 1.33. The van der Waals surface area contributed by atoms with Crippen molar-refractivity contribution in [1.82, 2.24) is 10.2 Å². The van der Waals surface area contributed by atoms with Crippen molar-refractivity contribution in [2.75, 3.05) is 39.3 Å². The third-order valence-electron chi connectivity index (χ3n) is 1.51. The number of nitrogens with zero attached hydrogens (tertiary/aromatic N) is 2. The van der Waals surface area contributed by atoms with Gasteiger partial charge in [-0.2, -0.15) is 0 Å². The van der Waals surface area contributed by atoms with Crippen molar-refractivity contribution in [2.45, 2.75) is 6.61 Å². The van der Waals surface area contributed by atoms with Crippen molar-refractivity contribution in [2.24, 2.45) is 0 Å². The summed E-state index contributed by atoms with van der Waals surface area (Å²) in [5.41, 5.74) is 5.41. The van der Waals surface area contributed by atoms with Crippen molar-refractivity contribution in [3.63, 3.8) is 0 Å². The second-order valence-electron chi connectivity index (χ2n) is 2.69. The van der Waals surface area contributed by atoms with Gasteiger partial charge < -0.3 is 19.9 Å². The maximum absolute atomic E-state index is 5.41. The van der Waals surface area contributed by atoms with E-state index in [2.05, 4.69) is 10.2 Å². The Balaban J connectivity index is 1.93. The Labute approximate surface area is 92.3 Å². The van der Waals surface area contributed by atoms with Gasteiger partial charge in [-0.15, -0.1) is 10.2 Å². The predicted molar refractivity (Wildman–Crippen MR) is 56.7 cm³/mol. The highest BCUT2D eigenvalue weighted by Gasteiger charge is 2.00. The van der Waals surface area contributed by atoms with Gasteiger partial charge in [0, 0.05) is 7.11 Å². The van der Waals surface area contributed by atoms with Crippen molar-refractivity contribution in [3.05, 3.63) is 5.01 Å². The zero-order valence-electron chi connectivity index (χ0n) is 8.64. The summed E-state index contributed by atoms with van der Waals surface area (Å²) in [5.74, 6) is 0. The van der Waals surface area contributed by atoms with E-state index in [0.717, 1.165) is 5.01 Å². The van der Waals surface area contributed by atoms with Gasteiger partial charge in [0.05, 0.1) is 26.4 Å². The van der Waals surface area contributed by atoms with Gasteiger partial charge in [0.25, 0.3) is 0 Å². The largest absolute Gasteiger partial charge is 0.382 e. The molecule has 0 saturated heterocycles. The topological polar surface area (TPSA) is 79.5 Å². The monoisotopic (exact) mass is 233 g/mol. The minimum absolute atomic E-state index is 0.433. The van der Waals surface area contributed by atoms with E-state index in [0.29, 0.717) is 38.2 Å². The SMILES string of the molecule is COCCOCCOCc1nnc(N)s1. The first kappa shape index (κ1) is 12.3. The second-order valence-corrected chi connectivity index (χ2v) is 3.79. The smallest absolute Gasteiger partial charge is 0.203 e. The Morgan fingerprint density at radius 3 is 2.53 bits per heavy atom. The highest BCUT2D eigenvalue weighted by molar-refractivity contribution is 7.15. The first-order valence-corrected chi connectivity index (χ1v) is 5.37. The Morgan fingerprint density at radius 1 is 1.13 bits per heavy atom. The molecule has 1 rings (SSSR count). The lowest BCUT2D eigenvalue weighted by molar-refractivity contribution is 0.0198. The van der Waals surface area contributed by atoms with Gasteiger partial charge in [-0.3, -0.25) is 0 Å². The van der Waals surface area contributed by atoms with E-state index in [4.69, 9.17) is 19.9 Å². The molecule has 0 aliphatic carbocycles. The number of hydrogen-bond acceptors (Lipinski definition) is 7. The van der Waals surface area contributed by atoms with E-state index in [9.17, 15) is 0 Å². The zero-order chi connectivity index (χ0) is 10.9. The van der Waals surface area contributed by atoms with Crippen LogP contribution in [0.15, 0.2) is 0 Å². The summed E-state index contributed by atoms with van der Waals surface area (Å²) < 4.78 is 15.3. The first-order valence-electron chi connectivity index (χ1n) is 4.55. The number of ether oxygens (including phenoxy) is 3. The summed E-state index contributed by atoms with van der Waals surface area (Å²) in [6.07, 6.45) is 0. The molecule has 0 unspecified atom stereocenters. The maximum atomic E-state index is 5.41. The fourth-order valence-electron chi connectivity index (χ4n) is 0.847. The first-order chi connectivity index (χ1) is 7.33. The maximum Gasteiger partial charge on any atom is 0.203 e. The molecule has 0 amide bonds. The minimum atomic E-state index is 0.433. The molecule has 0 saturated carbocycles. The molecule has 1 aromatic heterocycles. The van der Waals surface area contributed by atoms with Crippen LogP contribution in [-0.2, 0) is 20.8 Å². The third-order valence-corrected chi connectivity index (χ3v) is 2.24. The molecule has 6 nitrogen and oxygen atoms in total. The number of methoxy groups -OCH3 is 1. The average Bonchev–Trinajstić information content (AvgIpc) is 2.63. The Kier molecular flexibility index (Phi) is 6.17. The van der Waals surface area contributed by atoms with Gasteiger partial charge in [-0.05, 0) is 0 Å². The molecule has 0 radical (unpaired) electrons. The van der Waals surface area contributed by atoms with Crippen LogP contribution in [0.25, 0.3) is 0 Å². The second kappa shape index (κ2) is 7.52. The quantitative estimate of drug-likeness (QED) is 0.650. The van der Waals surface area contributed by atoms with E-state index < -0.39 is 0 Å². The Morgan fingerprint density at radius 2 is 1.87 bits per heavy atom. The molecule has 1 aromatic rings. The molecule has 2 N–H and O–H groups in total. The van der Waals surface area contributed by atoms with Gasteiger partial charge >= 0.3 is 0 Å². The molecule has 0 aromatic carbocycles. The fourth-order valence-corrected chi connectivity index (χ4v) is 1.39. The molecule has 7 heteroatoms. The molecular weight excluding hydrogens is 218 g/mol. The molecule has 0 spiro atoms. The van der Waals surface area contributed by atoms with Crippen LogP contribution in [0, 0.1) is 0 Å². The lowest BCUT2D eigenvalue weighted by Crippen LogP contribution is -2.08. The Bertz CT molecular complexity index is 269. The van der Waals surface area contributed by atoms with Gasteiger partial charge in [0.15, 0.2) is 0 Å². The summed E-state index contributed by atoms with van der Waals surface area (Å²) in [6.45, 7) is 2.71. The number of hydrogen-bond donors (Lipinski definition) is 1. The van der Waals surface area contributed by atoms with E-state index in [1.807, 2.05) is 0 Å². The van der Waals surface area contributed by atoms with Crippen LogP contribution in [0.4, 0.5) is 5.13 Å². The fraction of sp³-hybridized carbons (Fsp3) is 0.750. The van der Waals surface area contributed by atoms with E-state index in [1.165, 1.54) is 11.3 Å². The molecule has 0 aliphatic rings. The third kappa shape index (κ3) is 5.63. The number of rotatable bonds is 8. The molecule has 0 aliphatic heterocycles. The highest BCUT2D eigenvalue weighted by atomic mass is 32.1. The minimum Gasteiger partial charge on any atom is -0.382 e. The normalized spacial score (nSPS) is 10.7. The van der Waals surface area contributed by atoms with Gasteiger partial charge in [-0.1, -0.05) is 11.3 Å². The predicted octanol–water partition coefficient (Wildman–Crippen LogP) is 0.300. The molecule has 0 bridgehead atoms. The molecule has 1 heterocycles. The summed E-state index contributed by atoms with van der Waals surface area (Å²) in [5, 5.41) is 8.74. The van der Waals surface area contributed by atoms with Gasteiger partial charge in [-0.25, -0.2) is 0 Å². The van der Waals surface area contributed by atoms with Crippen molar-refractivity contribution >= 4 is 16.5 Å². The van der Waals surface area contributed by atoms with Crippen molar-refractivity contribution < 1.29 is 14.2 Å². The van der Waals surface area contributed by atoms with Crippen LogP contribution >= 0.6 is 11.3 Å². The van der Waals surface area contributed by atoms with Crippen LogP contribution in [0.2, 0.25) is 0 Å². The number of aromatic nitrogens is 2. The molecule has 15 heavy (non-hydrogen) atoms. The lowest BCUT2D eigenvalue weighted by Gasteiger charge is -2.03. The Hall–Kier alpha value is -0.760. The van der Waals surface area contributed by atoms with Crippen molar-refractivity contribution in [3.8, 4) is 0 Å². The van der Waals surface area contributed by atoms with Crippen LogP contribution < -0.4 is 5.73 Å². The van der Waals surface area contributed by atoms with E-state index >= 15 is 0 Å². The van der Waals surface area contributed by atoms with Gasteiger partial charge in [0.1, 0.15) is 11.6 Å². The highest BCUT2D eigenvalue weighted by Crippen LogP contribution is 2.11. The van der Waals surface area contributed by atoms with Crippen LogP contribution in [0.5, 0.6) is 0 Å². The van der Waals surface area contributed by atoms with Crippen LogP contribution in [0.1, 0.15) is 5.01 Å². The molecule has 86 valence electrons. The van der Waals surface area contributed by atoms with Crippen molar-refractivity contribution in [1.29, 1.82) is 0 Å². The lowest BCUT2D eigenvalue weighted by atomic mass is 10.7. The molecule has 0 fully saturated rings. The van der Waals surface area contributed by atoms with Crippen LogP contribution in [-0.4, -0.2) is 43.7 Å². The molecular formula is C8H15N3O3S. The average molecular weight is 233 g/mol. The van der Waals surface area contributed by atoms with Crippen LogP contribution in [0.3, 0.4) is 0 Å². The number of nitrogen functional groups attached to an aromatic ring is 1. The van der Waals surface area contributed by atoms with E-state index in [1.54, 1.807) is 7.11 Å². The number of nitrogens with two attached hydrogens (primary N) is 1. The summed E-state index contributed by atoms with van der Waals surface area (Å²) in [6, 6.07) is 0. The summed E-state index contributed by atoms with van der Waals surface area (Å²) in [4.78, 5) is 0. The summed E-state index contributed by atoms with van der Waals surface area (Å²) in [7, 11) is 1.64. The zero-order valence-corrected chi connectivity index (χ0v) is 9.46. The standard InChI is InChI=1S/C8H15N3O3S/c1-12-2-3-13-4-5-14-6-7-10-11-8(9)15-7/h2-6H2,1H3,(H2,9,11). The number of anilines is 1.